The van der Waals surface area contributed by atoms with E-state index >= 15 is 0 Å². The van der Waals surface area contributed by atoms with E-state index in [9.17, 15) is 36.2 Å². The maximum atomic E-state index is 12.8. The molecule has 0 fully saturated rings. The number of halogens is 8. The van der Waals surface area contributed by atoms with Gasteiger partial charge < -0.3 is 5.11 Å². The molecule has 2 rings (SSSR count). The minimum atomic E-state index is -5.07. The summed E-state index contributed by atoms with van der Waals surface area (Å²) >= 11 is 6.13. The Balaban J connectivity index is 2.29. The van der Waals surface area contributed by atoms with Gasteiger partial charge in [0.05, 0.1) is 26.3 Å². The summed E-state index contributed by atoms with van der Waals surface area (Å²) in [6.45, 7) is 0. The Kier molecular flexibility index (Phi) is 6.44. The van der Waals surface area contributed by atoms with E-state index in [4.69, 9.17) is 0 Å². The molecule has 0 saturated carbocycles. The van der Waals surface area contributed by atoms with Gasteiger partial charge in [-0.05, 0) is 67.8 Å². The van der Waals surface area contributed by atoms with E-state index in [0.717, 1.165) is 6.21 Å². The summed E-state index contributed by atoms with van der Waals surface area (Å²) in [6, 6.07) is 3.36. The van der Waals surface area contributed by atoms with Gasteiger partial charge in [-0.15, -0.1) is 0 Å². The standard InChI is InChI=1S/C16H8Br2F6N2O2/c17-11-1-7(2-12(18)13(11)27)6-25-26-14(28)8-3-9(15(19,20)21)5-10(4-8)16(22,23)24/h1-6,27H,(H,26,28). The summed E-state index contributed by atoms with van der Waals surface area (Å²) in [5.41, 5.74) is -1.84. The molecule has 0 bridgehead atoms. The van der Waals surface area contributed by atoms with E-state index in [1.165, 1.54) is 12.1 Å². The molecule has 0 aliphatic rings. The van der Waals surface area contributed by atoms with Gasteiger partial charge in [-0.1, -0.05) is 0 Å². The van der Waals surface area contributed by atoms with Crippen molar-refractivity contribution in [2.45, 2.75) is 12.4 Å². The molecule has 12 heteroatoms. The molecule has 2 aromatic rings. The molecule has 2 aromatic carbocycles. The maximum Gasteiger partial charge on any atom is 0.416 e. The molecular formula is C16H8Br2F6N2O2. The number of carbonyl (C=O) groups excluding carboxylic acids is 1. The number of hydrazone groups is 1. The van der Waals surface area contributed by atoms with Crippen molar-refractivity contribution in [2.75, 3.05) is 0 Å². The first-order valence-electron chi connectivity index (χ1n) is 7.10. The molecule has 0 saturated heterocycles. The number of phenolic OH excluding ortho intramolecular Hbond substituents is 1. The van der Waals surface area contributed by atoms with E-state index in [2.05, 4.69) is 37.0 Å². The van der Waals surface area contributed by atoms with Crippen molar-refractivity contribution >= 4 is 44.0 Å². The lowest BCUT2D eigenvalue weighted by molar-refractivity contribution is -0.143. The van der Waals surface area contributed by atoms with Gasteiger partial charge in [0.1, 0.15) is 5.75 Å². The molecular weight excluding hydrogens is 526 g/mol. The summed E-state index contributed by atoms with van der Waals surface area (Å²) in [6.07, 6.45) is -9.04. The quantitative estimate of drug-likeness (QED) is 0.301. The van der Waals surface area contributed by atoms with Gasteiger partial charge in [0.25, 0.3) is 5.91 Å². The molecule has 0 aromatic heterocycles. The fraction of sp³-hybridized carbons (Fsp3) is 0.125. The molecule has 0 aliphatic heterocycles. The number of nitrogens with one attached hydrogen (secondary N) is 1. The number of rotatable bonds is 3. The Hall–Kier alpha value is -2.08. The summed E-state index contributed by atoms with van der Waals surface area (Å²) in [5.74, 6) is -1.35. The SMILES string of the molecule is O=C(NN=Cc1cc(Br)c(O)c(Br)c1)c1cc(C(F)(F)F)cc(C(F)(F)F)c1. The first-order valence-corrected chi connectivity index (χ1v) is 8.68. The van der Waals surface area contributed by atoms with Crippen LogP contribution in [0, 0.1) is 0 Å². The second-order valence-corrected chi connectivity index (χ2v) is 7.04. The summed E-state index contributed by atoms with van der Waals surface area (Å²) in [5, 5.41) is 13.1. The zero-order valence-electron chi connectivity index (χ0n) is 13.3. The summed E-state index contributed by atoms with van der Waals surface area (Å²) < 4.78 is 77.5. The van der Waals surface area contributed by atoms with Crippen molar-refractivity contribution in [3.8, 4) is 5.75 Å². The highest BCUT2D eigenvalue weighted by molar-refractivity contribution is 9.11. The van der Waals surface area contributed by atoms with Gasteiger partial charge in [0, 0.05) is 5.56 Å². The molecule has 150 valence electrons. The number of nitrogens with zero attached hydrogens (tertiary/aromatic N) is 1. The predicted molar refractivity (Wildman–Crippen MR) is 95.0 cm³/mol. The molecule has 1 amide bonds. The zero-order chi connectivity index (χ0) is 21.3. The van der Waals surface area contributed by atoms with Gasteiger partial charge in [0.15, 0.2) is 0 Å². The number of amides is 1. The van der Waals surface area contributed by atoms with Crippen LogP contribution in [0.2, 0.25) is 0 Å². The number of phenols is 1. The molecule has 2 N–H and O–H groups in total. The molecule has 0 atom stereocenters. The molecule has 28 heavy (non-hydrogen) atoms. The van der Waals surface area contributed by atoms with Crippen LogP contribution in [0.15, 0.2) is 44.4 Å². The minimum Gasteiger partial charge on any atom is -0.506 e. The van der Waals surface area contributed by atoms with Gasteiger partial charge >= 0.3 is 12.4 Å². The number of alkyl halides is 6. The second-order valence-electron chi connectivity index (χ2n) is 5.33. The smallest absolute Gasteiger partial charge is 0.416 e. The van der Waals surface area contributed by atoms with Crippen LogP contribution in [0.3, 0.4) is 0 Å². The topological polar surface area (TPSA) is 61.7 Å². The third-order valence-corrected chi connectivity index (χ3v) is 4.48. The van der Waals surface area contributed by atoms with Gasteiger partial charge in [0.2, 0.25) is 0 Å². The highest BCUT2D eigenvalue weighted by atomic mass is 79.9. The van der Waals surface area contributed by atoms with E-state index in [0.29, 0.717) is 26.6 Å². The van der Waals surface area contributed by atoms with Crippen molar-refractivity contribution in [3.63, 3.8) is 0 Å². The van der Waals surface area contributed by atoms with Crippen LogP contribution in [-0.4, -0.2) is 17.2 Å². The zero-order valence-corrected chi connectivity index (χ0v) is 16.5. The van der Waals surface area contributed by atoms with Crippen LogP contribution in [0.1, 0.15) is 27.0 Å². The molecule has 0 radical (unpaired) electrons. The van der Waals surface area contributed by atoms with Crippen LogP contribution in [0.5, 0.6) is 5.75 Å². The van der Waals surface area contributed by atoms with Crippen LogP contribution in [-0.2, 0) is 12.4 Å². The van der Waals surface area contributed by atoms with Crippen molar-refractivity contribution in [2.24, 2.45) is 5.10 Å². The van der Waals surface area contributed by atoms with Crippen molar-refractivity contribution in [1.29, 1.82) is 0 Å². The Morgan fingerprint density at radius 1 is 0.929 bits per heavy atom. The Morgan fingerprint density at radius 2 is 1.39 bits per heavy atom. The van der Waals surface area contributed by atoms with E-state index in [1.54, 1.807) is 0 Å². The van der Waals surface area contributed by atoms with Crippen LogP contribution >= 0.6 is 31.9 Å². The number of benzene rings is 2. The number of hydrogen-bond acceptors (Lipinski definition) is 3. The average molecular weight is 534 g/mol. The first kappa shape index (κ1) is 22.2. The fourth-order valence-corrected chi connectivity index (χ4v) is 3.20. The van der Waals surface area contributed by atoms with Crippen molar-refractivity contribution in [1.82, 2.24) is 5.43 Å². The Labute approximate surface area is 170 Å². The molecule has 4 nitrogen and oxygen atoms in total. The monoisotopic (exact) mass is 532 g/mol. The Bertz CT molecular complexity index is 886. The lowest BCUT2D eigenvalue weighted by Gasteiger charge is -2.13. The van der Waals surface area contributed by atoms with Gasteiger partial charge in [-0.2, -0.15) is 31.4 Å². The third-order valence-electron chi connectivity index (χ3n) is 3.27. The lowest BCUT2D eigenvalue weighted by Crippen LogP contribution is -2.20. The van der Waals surface area contributed by atoms with Crippen LogP contribution < -0.4 is 5.43 Å². The van der Waals surface area contributed by atoms with Gasteiger partial charge in [-0.3, -0.25) is 4.79 Å². The summed E-state index contributed by atoms with van der Waals surface area (Å²) in [7, 11) is 0. The largest absolute Gasteiger partial charge is 0.506 e. The average Bonchev–Trinajstić information content (AvgIpc) is 2.57. The summed E-state index contributed by atoms with van der Waals surface area (Å²) in [4.78, 5) is 12.0. The highest BCUT2D eigenvalue weighted by Crippen LogP contribution is 2.36. The van der Waals surface area contributed by atoms with Gasteiger partial charge in [-0.25, -0.2) is 5.43 Å². The molecule has 0 aliphatic carbocycles. The maximum absolute atomic E-state index is 12.8. The highest BCUT2D eigenvalue weighted by Gasteiger charge is 2.37. The number of aromatic hydroxyl groups is 1. The van der Waals surface area contributed by atoms with Crippen LogP contribution in [0.4, 0.5) is 26.3 Å². The second kappa shape index (κ2) is 8.11. The molecule has 0 spiro atoms. The number of carbonyl (C=O) groups is 1. The third kappa shape index (κ3) is 5.47. The fourth-order valence-electron chi connectivity index (χ4n) is 1.98. The minimum absolute atomic E-state index is 0.0778. The van der Waals surface area contributed by atoms with Crippen molar-refractivity contribution < 1.29 is 36.2 Å². The van der Waals surface area contributed by atoms with E-state index < -0.39 is 35.0 Å². The first-order chi connectivity index (χ1) is 12.8. The van der Waals surface area contributed by atoms with Crippen molar-refractivity contribution in [3.05, 3.63) is 61.5 Å². The van der Waals surface area contributed by atoms with E-state index in [-0.39, 0.29) is 11.8 Å². The lowest BCUT2D eigenvalue weighted by atomic mass is 10.0. The Morgan fingerprint density at radius 3 is 1.82 bits per heavy atom. The molecule has 0 unspecified atom stereocenters. The van der Waals surface area contributed by atoms with Crippen LogP contribution in [0.25, 0.3) is 0 Å². The van der Waals surface area contributed by atoms with E-state index in [1.807, 2.05) is 5.43 Å². The number of hydrogen-bond donors (Lipinski definition) is 2. The normalized spacial score (nSPS) is 12.4. The molecule has 0 heterocycles. The predicted octanol–water partition coefficient (Wildman–Crippen LogP) is 5.72.